The quantitative estimate of drug-likeness (QED) is 0.579. The zero-order chi connectivity index (χ0) is 23.6. The summed E-state index contributed by atoms with van der Waals surface area (Å²) in [5, 5.41) is 7.39. The Hall–Kier alpha value is -2.97. The Morgan fingerprint density at radius 3 is 2.58 bits per heavy atom. The van der Waals surface area contributed by atoms with Crippen LogP contribution in [-0.2, 0) is 29.5 Å². The van der Waals surface area contributed by atoms with E-state index in [1.165, 1.54) is 15.9 Å². The number of sulfonamides is 1. The van der Waals surface area contributed by atoms with E-state index in [2.05, 4.69) is 10.4 Å². The first-order chi connectivity index (χ1) is 15.7. The number of fused-ring (bicyclic) bond motifs is 1. The van der Waals surface area contributed by atoms with Crippen LogP contribution < -0.4 is 5.32 Å². The van der Waals surface area contributed by atoms with E-state index in [9.17, 15) is 13.2 Å². The highest BCUT2D eigenvalue weighted by Crippen LogP contribution is 2.25. The maximum Gasteiger partial charge on any atom is 0.251 e. The summed E-state index contributed by atoms with van der Waals surface area (Å²) >= 11 is 0. The lowest BCUT2D eigenvalue weighted by molar-refractivity contribution is 0.0946. The smallest absolute Gasteiger partial charge is 0.251 e. The van der Waals surface area contributed by atoms with Crippen LogP contribution in [0.3, 0.4) is 0 Å². The predicted octanol–water partition coefficient (Wildman–Crippen LogP) is 3.31. The molecule has 4 rings (SSSR count). The maximum atomic E-state index is 13.3. The van der Waals surface area contributed by atoms with Crippen molar-refractivity contribution < 1.29 is 13.2 Å². The van der Waals surface area contributed by atoms with Gasteiger partial charge in [-0.1, -0.05) is 37.3 Å². The van der Waals surface area contributed by atoms with Gasteiger partial charge in [0.2, 0.25) is 10.0 Å². The number of benzene rings is 2. The summed E-state index contributed by atoms with van der Waals surface area (Å²) in [6, 6.07) is 16.2. The van der Waals surface area contributed by atoms with Gasteiger partial charge in [0.15, 0.2) is 0 Å². The van der Waals surface area contributed by atoms with Crippen molar-refractivity contribution >= 4 is 15.9 Å². The van der Waals surface area contributed by atoms with Gasteiger partial charge in [0, 0.05) is 37.4 Å². The molecule has 8 heteroatoms. The average Bonchev–Trinajstić information content (AvgIpc) is 3.13. The zero-order valence-electron chi connectivity index (χ0n) is 19.3. The van der Waals surface area contributed by atoms with E-state index in [1.54, 1.807) is 18.2 Å². The summed E-state index contributed by atoms with van der Waals surface area (Å²) in [6.07, 6.45) is 0.683. The molecule has 1 amide bonds. The number of aromatic nitrogens is 2. The number of nitrogens with zero attached hydrogens (tertiary/aromatic N) is 3. The van der Waals surface area contributed by atoms with Gasteiger partial charge in [0.25, 0.3) is 5.91 Å². The zero-order valence-corrected chi connectivity index (χ0v) is 20.1. The number of rotatable bonds is 7. The van der Waals surface area contributed by atoms with E-state index in [1.807, 2.05) is 55.8 Å². The van der Waals surface area contributed by atoms with Crippen molar-refractivity contribution in [2.24, 2.45) is 5.92 Å². The molecule has 0 fully saturated rings. The summed E-state index contributed by atoms with van der Waals surface area (Å²) < 4.78 is 29.9. The van der Waals surface area contributed by atoms with Crippen molar-refractivity contribution in [2.45, 2.75) is 45.2 Å². The lowest BCUT2D eigenvalue weighted by Gasteiger charge is -2.28. The van der Waals surface area contributed by atoms with Crippen LogP contribution in [0.1, 0.15) is 39.8 Å². The normalized spacial score (nSPS) is 15.1. The monoisotopic (exact) mass is 466 g/mol. The Labute approximate surface area is 195 Å². The predicted molar refractivity (Wildman–Crippen MR) is 127 cm³/mol. The topological polar surface area (TPSA) is 84.3 Å². The molecule has 1 atom stereocenters. The van der Waals surface area contributed by atoms with Crippen LogP contribution >= 0.6 is 0 Å². The van der Waals surface area contributed by atoms with Crippen LogP contribution in [0.5, 0.6) is 0 Å². The van der Waals surface area contributed by atoms with Gasteiger partial charge in [-0.15, -0.1) is 0 Å². The molecule has 1 N–H and O–H groups in total. The fraction of sp³-hybridized carbons (Fsp3) is 0.360. The van der Waals surface area contributed by atoms with Crippen molar-refractivity contribution in [3.8, 4) is 0 Å². The minimum atomic E-state index is -3.69. The minimum Gasteiger partial charge on any atom is -0.352 e. The third kappa shape index (κ3) is 5.17. The molecule has 0 radical (unpaired) electrons. The average molecular weight is 467 g/mol. The Balaban J connectivity index is 1.41. The molecule has 2 heterocycles. The van der Waals surface area contributed by atoms with E-state index in [0.29, 0.717) is 38.2 Å². The second-order valence-electron chi connectivity index (χ2n) is 8.81. The van der Waals surface area contributed by atoms with Crippen LogP contribution in [-0.4, -0.2) is 41.5 Å². The number of hydrogen-bond acceptors (Lipinski definition) is 4. The van der Waals surface area contributed by atoms with E-state index >= 15 is 0 Å². The summed E-state index contributed by atoms with van der Waals surface area (Å²) in [6.45, 7) is 7.96. The number of amides is 1. The molecule has 33 heavy (non-hydrogen) atoms. The van der Waals surface area contributed by atoms with E-state index in [0.717, 1.165) is 17.0 Å². The number of aryl methyl sites for hydroxylation is 2. The van der Waals surface area contributed by atoms with Crippen molar-refractivity contribution in [2.75, 3.05) is 13.1 Å². The molecule has 0 spiro atoms. The second-order valence-corrected chi connectivity index (χ2v) is 10.7. The van der Waals surface area contributed by atoms with Gasteiger partial charge in [-0.25, -0.2) is 8.42 Å². The first kappa shape index (κ1) is 23.2. The van der Waals surface area contributed by atoms with E-state index in [-0.39, 0.29) is 16.7 Å². The van der Waals surface area contributed by atoms with Gasteiger partial charge in [-0.2, -0.15) is 9.40 Å². The molecule has 3 aromatic rings. The number of hydrogen-bond donors (Lipinski definition) is 1. The molecular formula is C25H30N4O3S. The molecule has 0 saturated heterocycles. The molecule has 2 aromatic carbocycles. The van der Waals surface area contributed by atoms with Crippen molar-refractivity contribution in [1.82, 2.24) is 19.4 Å². The van der Waals surface area contributed by atoms with Gasteiger partial charge in [-0.05, 0) is 61.6 Å². The Kier molecular flexibility index (Phi) is 6.67. The fourth-order valence-electron chi connectivity index (χ4n) is 4.21. The van der Waals surface area contributed by atoms with Crippen molar-refractivity contribution in [3.63, 3.8) is 0 Å². The van der Waals surface area contributed by atoms with Crippen molar-refractivity contribution in [1.29, 1.82) is 0 Å². The molecule has 1 aliphatic heterocycles. The van der Waals surface area contributed by atoms with E-state index < -0.39 is 10.0 Å². The lowest BCUT2D eigenvalue weighted by atomic mass is 10.0. The van der Waals surface area contributed by atoms with Gasteiger partial charge in [0.05, 0.1) is 10.6 Å². The largest absolute Gasteiger partial charge is 0.352 e. The molecule has 1 aliphatic rings. The van der Waals surface area contributed by atoms with Gasteiger partial charge in [-0.3, -0.25) is 9.48 Å². The van der Waals surface area contributed by atoms with Crippen LogP contribution in [0.25, 0.3) is 0 Å². The van der Waals surface area contributed by atoms with E-state index in [4.69, 9.17) is 0 Å². The number of carbonyl (C=O) groups is 1. The van der Waals surface area contributed by atoms with Crippen LogP contribution in [0.15, 0.2) is 59.5 Å². The Morgan fingerprint density at radius 2 is 1.85 bits per heavy atom. The maximum absolute atomic E-state index is 13.3. The summed E-state index contributed by atoms with van der Waals surface area (Å²) in [4.78, 5) is 12.9. The Bertz CT molecular complexity index is 1270. The standard InChI is InChI=1S/C25H30N4O3S/c1-18(16-29-20(3)13-19(2)27-29)15-26-25(30)22-9-6-10-24(14-22)33(31,32)28-12-11-21-7-4-5-8-23(21)17-28/h4-10,13-14,18H,11-12,15-17H2,1-3H3,(H,26,30). The summed E-state index contributed by atoms with van der Waals surface area (Å²) in [5.41, 5.74) is 4.61. The molecular weight excluding hydrogens is 436 g/mol. The third-order valence-electron chi connectivity index (χ3n) is 6.03. The minimum absolute atomic E-state index is 0.144. The summed E-state index contributed by atoms with van der Waals surface area (Å²) in [5.74, 6) is -0.108. The molecule has 0 bridgehead atoms. The number of nitrogens with one attached hydrogen (secondary N) is 1. The van der Waals surface area contributed by atoms with Crippen LogP contribution in [0, 0.1) is 19.8 Å². The van der Waals surface area contributed by atoms with Gasteiger partial charge >= 0.3 is 0 Å². The van der Waals surface area contributed by atoms with Crippen LogP contribution in [0.2, 0.25) is 0 Å². The highest BCUT2D eigenvalue weighted by molar-refractivity contribution is 7.89. The second kappa shape index (κ2) is 9.49. The molecule has 7 nitrogen and oxygen atoms in total. The lowest BCUT2D eigenvalue weighted by Crippen LogP contribution is -2.36. The summed E-state index contributed by atoms with van der Waals surface area (Å²) in [7, 11) is -3.69. The molecule has 174 valence electrons. The van der Waals surface area contributed by atoms with Crippen molar-refractivity contribution in [3.05, 3.63) is 82.7 Å². The molecule has 1 aromatic heterocycles. The fourth-order valence-corrected chi connectivity index (χ4v) is 5.68. The Morgan fingerprint density at radius 1 is 1.09 bits per heavy atom. The first-order valence-electron chi connectivity index (χ1n) is 11.2. The van der Waals surface area contributed by atoms with Crippen LogP contribution in [0.4, 0.5) is 0 Å². The highest BCUT2D eigenvalue weighted by atomic mass is 32.2. The highest BCUT2D eigenvalue weighted by Gasteiger charge is 2.28. The third-order valence-corrected chi connectivity index (χ3v) is 7.87. The van der Waals surface area contributed by atoms with Gasteiger partial charge < -0.3 is 5.32 Å². The molecule has 0 aliphatic carbocycles. The van der Waals surface area contributed by atoms with Gasteiger partial charge in [0.1, 0.15) is 0 Å². The first-order valence-corrected chi connectivity index (χ1v) is 12.6. The molecule has 1 unspecified atom stereocenters. The molecule has 0 saturated carbocycles. The number of carbonyl (C=O) groups excluding carboxylic acids is 1. The SMILES string of the molecule is Cc1cc(C)n(CC(C)CNC(=O)c2cccc(S(=O)(=O)N3CCc4ccccc4C3)c2)n1.